The third-order valence-corrected chi connectivity index (χ3v) is 9.01. The van der Waals surface area contributed by atoms with Crippen molar-refractivity contribution in [2.75, 3.05) is 32.2 Å². The molecule has 1 saturated heterocycles. The Morgan fingerprint density at radius 1 is 1.02 bits per heavy atom. The van der Waals surface area contributed by atoms with Gasteiger partial charge in [-0.25, -0.2) is 4.98 Å². The topological polar surface area (TPSA) is 76.4 Å². The normalized spacial score (nSPS) is 15.9. The molecule has 6 rings (SSSR count). The van der Waals surface area contributed by atoms with Crippen LogP contribution >= 0.6 is 24.0 Å². The zero-order valence-electron chi connectivity index (χ0n) is 23.6. The first kappa shape index (κ1) is 28.0. The highest BCUT2D eigenvalue weighted by molar-refractivity contribution is 8.26. The number of thiocarbonyl (C=S) groups is 1. The average molecular weight is 599 g/mol. The van der Waals surface area contributed by atoms with Gasteiger partial charge >= 0.3 is 0 Å². The minimum atomic E-state index is -0.215. The molecule has 0 aliphatic carbocycles. The number of fused-ring (bicyclic) bond motifs is 2. The number of nitrogens with zero attached hydrogens (tertiary/aromatic N) is 4. The van der Waals surface area contributed by atoms with E-state index in [2.05, 4.69) is 23.1 Å². The van der Waals surface area contributed by atoms with Crippen molar-refractivity contribution in [3.8, 4) is 11.5 Å². The lowest BCUT2D eigenvalue weighted by Crippen LogP contribution is -2.34. The maximum atomic E-state index is 13.9. The number of carbonyl (C=O) groups excluding carboxylic acids is 1. The Morgan fingerprint density at radius 2 is 1.81 bits per heavy atom. The van der Waals surface area contributed by atoms with Crippen molar-refractivity contribution in [3.63, 3.8) is 0 Å². The van der Waals surface area contributed by atoms with E-state index < -0.39 is 0 Å². The van der Waals surface area contributed by atoms with Crippen molar-refractivity contribution in [1.82, 2.24) is 14.3 Å². The van der Waals surface area contributed by atoms with Crippen LogP contribution in [0.1, 0.15) is 27.8 Å². The first-order valence-corrected chi connectivity index (χ1v) is 14.9. The maximum Gasteiger partial charge on any atom is 0.267 e. The van der Waals surface area contributed by atoms with Gasteiger partial charge in [-0.15, -0.1) is 0 Å². The van der Waals surface area contributed by atoms with Crippen molar-refractivity contribution in [2.45, 2.75) is 26.3 Å². The fourth-order valence-electron chi connectivity index (χ4n) is 5.39. The van der Waals surface area contributed by atoms with E-state index >= 15 is 0 Å². The summed E-state index contributed by atoms with van der Waals surface area (Å²) >= 11 is 6.83. The number of carbonyl (C=O) groups is 1. The molecule has 0 radical (unpaired) electrons. The lowest BCUT2D eigenvalue weighted by atomic mass is 9.99. The summed E-state index contributed by atoms with van der Waals surface area (Å²) in [5.74, 6) is 1.64. The van der Waals surface area contributed by atoms with Crippen molar-refractivity contribution in [2.24, 2.45) is 0 Å². The highest BCUT2D eigenvalue weighted by atomic mass is 32.2. The minimum Gasteiger partial charge on any atom is -0.493 e. The summed E-state index contributed by atoms with van der Waals surface area (Å²) in [6, 6.07) is 17.8. The Labute approximate surface area is 253 Å². The van der Waals surface area contributed by atoms with Gasteiger partial charge in [-0.3, -0.25) is 18.9 Å². The molecule has 2 aliphatic rings. The van der Waals surface area contributed by atoms with Gasteiger partial charge in [0.2, 0.25) is 0 Å². The quantitative estimate of drug-likeness (QED) is 0.217. The fraction of sp³-hybridized carbons (Fsp3) is 0.250. The summed E-state index contributed by atoms with van der Waals surface area (Å²) in [6.45, 7) is 3.70. The van der Waals surface area contributed by atoms with Crippen LogP contribution in [0.5, 0.6) is 11.5 Å². The number of hydrogen-bond donors (Lipinski definition) is 0. The van der Waals surface area contributed by atoms with Crippen LogP contribution in [-0.4, -0.2) is 51.8 Å². The van der Waals surface area contributed by atoms with Crippen LogP contribution in [0.2, 0.25) is 0 Å². The molecule has 214 valence electrons. The molecule has 0 unspecified atom stereocenters. The molecule has 4 heterocycles. The zero-order valence-corrected chi connectivity index (χ0v) is 25.3. The number of benzene rings is 2. The van der Waals surface area contributed by atoms with Gasteiger partial charge in [-0.05, 0) is 66.3 Å². The van der Waals surface area contributed by atoms with Gasteiger partial charge in [-0.2, -0.15) is 0 Å². The molecule has 0 saturated carbocycles. The molecule has 42 heavy (non-hydrogen) atoms. The monoisotopic (exact) mass is 598 g/mol. The molecule has 4 aromatic rings. The molecule has 2 aromatic carbocycles. The van der Waals surface area contributed by atoms with Crippen LogP contribution in [0.15, 0.2) is 70.5 Å². The molecule has 1 amide bonds. The predicted octanol–water partition coefficient (Wildman–Crippen LogP) is 5.03. The molecule has 8 nitrogen and oxygen atoms in total. The van der Waals surface area contributed by atoms with Crippen molar-refractivity contribution in [1.29, 1.82) is 0 Å². The second-order valence-electron chi connectivity index (χ2n) is 10.3. The summed E-state index contributed by atoms with van der Waals surface area (Å²) in [7, 11) is 3.19. The van der Waals surface area contributed by atoms with Crippen LogP contribution < -0.4 is 19.9 Å². The van der Waals surface area contributed by atoms with Crippen LogP contribution in [-0.2, 0) is 24.2 Å². The van der Waals surface area contributed by atoms with Gasteiger partial charge in [-0.1, -0.05) is 60.4 Å². The Kier molecular flexibility index (Phi) is 7.74. The minimum absolute atomic E-state index is 0.214. The summed E-state index contributed by atoms with van der Waals surface area (Å²) < 4.78 is 12.8. The van der Waals surface area contributed by atoms with E-state index in [4.69, 9.17) is 26.7 Å². The van der Waals surface area contributed by atoms with Crippen molar-refractivity contribution in [3.05, 3.63) is 104 Å². The maximum absolute atomic E-state index is 13.9. The highest BCUT2D eigenvalue weighted by Crippen LogP contribution is 2.35. The van der Waals surface area contributed by atoms with E-state index in [1.807, 2.05) is 43.3 Å². The molecule has 2 aromatic heterocycles. The average Bonchev–Trinajstić information content (AvgIpc) is 3.28. The van der Waals surface area contributed by atoms with Crippen LogP contribution in [0.4, 0.5) is 5.82 Å². The summed E-state index contributed by atoms with van der Waals surface area (Å²) in [5, 5.41) is 0. The number of ether oxygens (including phenoxy) is 2. The number of anilines is 1. The molecular formula is C32H30N4O4S2. The van der Waals surface area contributed by atoms with E-state index in [0.717, 1.165) is 24.1 Å². The number of amides is 1. The van der Waals surface area contributed by atoms with E-state index in [1.165, 1.54) is 22.9 Å². The predicted molar refractivity (Wildman–Crippen MR) is 171 cm³/mol. The SMILES string of the molecule is COc1ccc(CCN2C(=O)C(=Cc3c(N4CCc5ccccc5C4)nc4ccc(C)cn4c3=O)SC2=S)cc1OC. The molecule has 2 aliphatic heterocycles. The van der Waals surface area contributed by atoms with Crippen LogP contribution in [0.25, 0.3) is 11.7 Å². The number of aromatic nitrogens is 2. The number of hydrogen-bond acceptors (Lipinski definition) is 8. The molecule has 0 atom stereocenters. The lowest BCUT2D eigenvalue weighted by molar-refractivity contribution is -0.122. The third kappa shape index (κ3) is 5.28. The number of aryl methyl sites for hydroxylation is 1. The summed E-state index contributed by atoms with van der Waals surface area (Å²) in [4.78, 5) is 36.6. The Balaban J connectivity index is 1.33. The van der Waals surface area contributed by atoms with Gasteiger partial charge < -0.3 is 14.4 Å². The summed E-state index contributed by atoms with van der Waals surface area (Å²) in [6.07, 6.45) is 4.89. The van der Waals surface area contributed by atoms with Gasteiger partial charge in [0, 0.05) is 25.8 Å². The van der Waals surface area contributed by atoms with E-state index in [-0.39, 0.29) is 11.5 Å². The smallest absolute Gasteiger partial charge is 0.267 e. The Hall–Kier alpha value is -4.15. The van der Waals surface area contributed by atoms with Crippen LogP contribution in [0.3, 0.4) is 0 Å². The molecule has 0 bridgehead atoms. The van der Waals surface area contributed by atoms with Gasteiger partial charge in [0.25, 0.3) is 11.5 Å². The van der Waals surface area contributed by atoms with Crippen LogP contribution in [0, 0.1) is 6.92 Å². The Bertz CT molecular complexity index is 1820. The molecular weight excluding hydrogens is 569 g/mol. The van der Waals surface area contributed by atoms with Gasteiger partial charge in [0.15, 0.2) is 11.5 Å². The molecule has 0 N–H and O–H groups in total. The summed E-state index contributed by atoms with van der Waals surface area (Å²) in [5.41, 5.74) is 5.19. The second kappa shape index (κ2) is 11.6. The standard InChI is InChI=1S/C32H30N4O4S2/c1-20-8-11-28-33-29(34-14-13-22-6-4-5-7-23(22)19-34)24(30(37)36(28)18-20)17-27-31(38)35(32(41)42-27)15-12-21-9-10-25(39-2)26(16-21)40-3/h4-11,16-18H,12-15,19H2,1-3H3. The zero-order chi connectivity index (χ0) is 29.4. The Morgan fingerprint density at radius 3 is 2.60 bits per heavy atom. The van der Waals surface area contributed by atoms with Crippen molar-refractivity contribution >= 4 is 51.7 Å². The number of pyridine rings is 1. The lowest BCUT2D eigenvalue weighted by Gasteiger charge is -2.30. The first-order valence-electron chi connectivity index (χ1n) is 13.7. The van der Waals surface area contributed by atoms with Crippen molar-refractivity contribution < 1.29 is 14.3 Å². The number of thioether (sulfide) groups is 1. The van der Waals surface area contributed by atoms with E-state index in [9.17, 15) is 9.59 Å². The third-order valence-electron chi connectivity index (χ3n) is 7.64. The number of methoxy groups -OCH3 is 2. The second-order valence-corrected chi connectivity index (χ2v) is 12.0. The molecule has 1 fully saturated rings. The van der Waals surface area contributed by atoms with Gasteiger partial charge in [0.05, 0.1) is 24.7 Å². The first-order chi connectivity index (χ1) is 20.4. The number of rotatable bonds is 7. The highest BCUT2D eigenvalue weighted by Gasteiger charge is 2.33. The fourth-order valence-corrected chi connectivity index (χ4v) is 6.68. The molecule has 0 spiro atoms. The van der Waals surface area contributed by atoms with E-state index in [1.54, 1.807) is 35.8 Å². The largest absolute Gasteiger partial charge is 0.493 e. The van der Waals surface area contributed by atoms with E-state index in [0.29, 0.717) is 57.3 Å². The van der Waals surface area contributed by atoms with Gasteiger partial charge in [0.1, 0.15) is 15.8 Å². The molecule has 10 heteroatoms.